The second-order valence-corrected chi connectivity index (χ2v) is 10.7. The van der Waals surface area contributed by atoms with Crippen LogP contribution in [0.1, 0.15) is 80.6 Å². The largest absolute Gasteiger partial charge is 0.394 e. The first-order chi connectivity index (χ1) is 15.0. The van der Waals surface area contributed by atoms with Crippen molar-refractivity contribution < 1.29 is 25.2 Å². The molecule has 0 bridgehead atoms. The van der Waals surface area contributed by atoms with Crippen LogP contribution in [0.3, 0.4) is 0 Å². The van der Waals surface area contributed by atoms with E-state index in [-0.39, 0.29) is 12.5 Å². The summed E-state index contributed by atoms with van der Waals surface area (Å²) < 4.78 is 5.92. The Morgan fingerprint density at radius 2 is 1.48 bits per heavy atom. The molecule has 2 fully saturated rings. The van der Waals surface area contributed by atoms with Crippen LogP contribution in [-0.2, 0) is 11.2 Å². The molecule has 1 aliphatic heterocycles. The minimum absolute atomic E-state index is 0.108. The van der Waals surface area contributed by atoms with Crippen molar-refractivity contribution in [2.75, 3.05) is 6.61 Å². The number of aromatic nitrogens is 2. The first kappa shape index (κ1) is 25.0. The van der Waals surface area contributed by atoms with Crippen molar-refractivity contribution in [2.24, 2.45) is 11.8 Å². The molecule has 7 unspecified atom stereocenters. The molecule has 178 valence electrons. The van der Waals surface area contributed by atoms with Gasteiger partial charge in [0.05, 0.1) is 12.7 Å². The zero-order chi connectivity index (χ0) is 22.2. The highest BCUT2D eigenvalue weighted by atomic mass is 32.1. The molecule has 0 spiro atoms. The van der Waals surface area contributed by atoms with Crippen LogP contribution in [-0.4, -0.2) is 67.8 Å². The molecule has 1 saturated heterocycles. The fraction of sp³-hybridized carbons (Fsp3) is 0.913. The lowest BCUT2D eigenvalue weighted by Gasteiger charge is -2.43. The molecule has 0 radical (unpaired) electrons. The maximum absolute atomic E-state index is 10.6. The molecule has 2 aliphatic rings. The van der Waals surface area contributed by atoms with E-state index in [1.165, 1.54) is 38.5 Å². The van der Waals surface area contributed by atoms with Crippen molar-refractivity contribution in [1.29, 1.82) is 0 Å². The van der Waals surface area contributed by atoms with E-state index >= 15 is 0 Å². The monoisotopic (exact) mass is 456 g/mol. The van der Waals surface area contributed by atoms with Crippen molar-refractivity contribution >= 4 is 11.3 Å². The molecular weight excluding hydrogens is 416 g/mol. The fourth-order valence-electron chi connectivity index (χ4n) is 5.22. The van der Waals surface area contributed by atoms with Crippen molar-refractivity contribution in [3.8, 4) is 0 Å². The van der Waals surface area contributed by atoms with Gasteiger partial charge in [-0.15, -0.1) is 21.5 Å². The molecule has 1 aromatic rings. The van der Waals surface area contributed by atoms with Crippen molar-refractivity contribution in [3.05, 3.63) is 10.0 Å². The fourth-order valence-corrected chi connectivity index (χ4v) is 6.05. The number of aliphatic hydroxyl groups is 4. The number of hydrogen-bond acceptors (Lipinski definition) is 8. The Balaban J connectivity index is 1.64. The lowest BCUT2D eigenvalue weighted by molar-refractivity contribution is -0.242. The molecule has 1 aliphatic carbocycles. The topological polar surface area (TPSA) is 116 Å². The van der Waals surface area contributed by atoms with Crippen LogP contribution in [0.2, 0.25) is 0 Å². The zero-order valence-corrected chi connectivity index (χ0v) is 19.6. The Morgan fingerprint density at radius 1 is 0.839 bits per heavy atom. The van der Waals surface area contributed by atoms with E-state index in [9.17, 15) is 20.4 Å². The van der Waals surface area contributed by atoms with Crippen LogP contribution in [0.5, 0.6) is 0 Å². The summed E-state index contributed by atoms with van der Waals surface area (Å²) >= 11 is 1.69. The molecule has 3 rings (SSSR count). The van der Waals surface area contributed by atoms with Gasteiger partial charge in [0.2, 0.25) is 0 Å². The smallest absolute Gasteiger partial charge is 0.117 e. The van der Waals surface area contributed by atoms with Gasteiger partial charge in [0.15, 0.2) is 0 Å². The molecule has 31 heavy (non-hydrogen) atoms. The van der Waals surface area contributed by atoms with Gasteiger partial charge in [-0.25, -0.2) is 0 Å². The Labute approximate surface area is 189 Å². The van der Waals surface area contributed by atoms with Crippen molar-refractivity contribution in [1.82, 2.24) is 10.2 Å². The molecule has 4 N–H and O–H groups in total. The molecule has 0 aromatic carbocycles. The molecule has 2 heterocycles. The molecule has 0 amide bonds. The third-order valence-corrected chi connectivity index (χ3v) is 7.91. The van der Waals surface area contributed by atoms with E-state index in [2.05, 4.69) is 10.2 Å². The van der Waals surface area contributed by atoms with Gasteiger partial charge >= 0.3 is 0 Å². The normalized spacial score (nSPS) is 36.9. The Hall–Kier alpha value is -0.640. The summed E-state index contributed by atoms with van der Waals surface area (Å²) in [5.74, 6) is 0.694. The van der Waals surface area contributed by atoms with E-state index in [1.54, 1.807) is 11.3 Å². The van der Waals surface area contributed by atoms with Gasteiger partial charge in [0, 0.05) is 6.42 Å². The third-order valence-electron chi connectivity index (χ3n) is 7.05. The highest BCUT2D eigenvalue weighted by molar-refractivity contribution is 7.11. The average Bonchev–Trinajstić information content (AvgIpc) is 3.17. The number of hydrogen-bond donors (Lipinski definition) is 4. The highest BCUT2D eigenvalue weighted by Gasteiger charge is 2.45. The average molecular weight is 457 g/mol. The summed E-state index contributed by atoms with van der Waals surface area (Å²) in [5, 5.41) is 51.2. The van der Waals surface area contributed by atoms with Gasteiger partial charge in [-0.2, -0.15) is 0 Å². The number of rotatable bonds is 4. The number of aliphatic hydroxyl groups excluding tert-OH is 4. The van der Waals surface area contributed by atoms with Crippen LogP contribution in [0.15, 0.2) is 0 Å². The number of ether oxygens (including phenoxy) is 1. The zero-order valence-electron chi connectivity index (χ0n) is 18.7. The van der Waals surface area contributed by atoms with E-state index in [0.717, 1.165) is 48.5 Å². The van der Waals surface area contributed by atoms with Gasteiger partial charge in [-0.05, 0) is 31.6 Å². The molecule has 7 nitrogen and oxygen atoms in total. The van der Waals surface area contributed by atoms with Crippen molar-refractivity contribution in [2.45, 2.75) is 114 Å². The third kappa shape index (κ3) is 7.17. The van der Waals surface area contributed by atoms with Crippen LogP contribution in [0.25, 0.3) is 0 Å². The molecular formula is C23H40N2O5S. The highest BCUT2D eigenvalue weighted by Crippen LogP contribution is 2.33. The van der Waals surface area contributed by atoms with Crippen LogP contribution in [0, 0.1) is 18.8 Å². The second-order valence-electron chi connectivity index (χ2n) is 9.47. The van der Waals surface area contributed by atoms with E-state index in [1.807, 2.05) is 6.92 Å². The van der Waals surface area contributed by atoms with Crippen LogP contribution < -0.4 is 0 Å². The summed E-state index contributed by atoms with van der Waals surface area (Å²) in [4.78, 5) is 0. The van der Waals surface area contributed by atoms with E-state index in [4.69, 9.17) is 4.74 Å². The quantitative estimate of drug-likeness (QED) is 0.550. The standard InChI is InChI=1S/C23H40N2O5S/c1-15-24-25-19(31-15)13-16-9-6-4-2-3-5-7-11-17(12-8-10-16)23-22(29)21(28)20(27)18(14-26)30-23/h16-18,20-23,26-29H,2-14H2,1H3. The van der Waals surface area contributed by atoms with Gasteiger partial charge in [0.25, 0.3) is 0 Å². The summed E-state index contributed by atoms with van der Waals surface area (Å²) in [6.07, 6.45) is 8.38. The molecule has 1 saturated carbocycles. The summed E-state index contributed by atoms with van der Waals surface area (Å²) in [7, 11) is 0. The first-order valence-corrected chi connectivity index (χ1v) is 12.9. The lowest BCUT2D eigenvalue weighted by Crippen LogP contribution is -2.60. The van der Waals surface area contributed by atoms with E-state index < -0.39 is 30.5 Å². The predicted octanol–water partition coefficient (Wildman–Crippen LogP) is 2.77. The maximum Gasteiger partial charge on any atom is 0.117 e. The van der Waals surface area contributed by atoms with Crippen molar-refractivity contribution in [3.63, 3.8) is 0 Å². The molecule has 1 aromatic heterocycles. The second kappa shape index (κ2) is 12.6. The Kier molecular flexibility index (Phi) is 10.1. The minimum Gasteiger partial charge on any atom is -0.394 e. The van der Waals surface area contributed by atoms with Gasteiger partial charge in [0.1, 0.15) is 34.4 Å². The maximum atomic E-state index is 10.6. The summed E-state index contributed by atoms with van der Waals surface area (Å²) in [6, 6.07) is 0. The van der Waals surface area contributed by atoms with Crippen LogP contribution >= 0.6 is 11.3 Å². The Bertz CT molecular complexity index is 643. The summed E-state index contributed by atoms with van der Waals surface area (Å²) in [5.41, 5.74) is 0. The molecule has 7 atom stereocenters. The summed E-state index contributed by atoms with van der Waals surface area (Å²) in [6.45, 7) is 1.63. The predicted molar refractivity (Wildman–Crippen MR) is 120 cm³/mol. The number of nitrogens with zero attached hydrogens (tertiary/aromatic N) is 2. The SMILES string of the molecule is Cc1nnc(CC2CCCCCCCCC(C3OC(CO)C(O)C(O)C3O)CCC2)s1. The lowest BCUT2D eigenvalue weighted by atomic mass is 9.81. The first-order valence-electron chi connectivity index (χ1n) is 12.1. The number of aryl methyl sites for hydroxylation is 1. The van der Waals surface area contributed by atoms with Gasteiger partial charge in [-0.1, -0.05) is 57.8 Å². The minimum atomic E-state index is -1.28. The molecule has 8 heteroatoms. The van der Waals surface area contributed by atoms with E-state index in [0.29, 0.717) is 5.92 Å². The van der Waals surface area contributed by atoms with Gasteiger partial charge in [-0.3, -0.25) is 0 Å². The Morgan fingerprint density at radius 3 is 2.16 bits per heavy atom. The van der Waals surface area contributed by atoms with Crippen LogP contribution in [0.4, 0.5) is 0 Å². The van der Waals surface area contributed by atoms with Gasteiger partial charge < -0.3 is 25.2 Å².